The van der Waals surface area contributed by atoms with Crippen LogP contribution in [0.2, 0.25) is 10.0 Å². The summed E-state index contributed by atoms with van der Waals surface area (Å²) in [4.78, 5) is 11.8. The summed E-state index contributed by atoms with van der Waals surface area (Å²) in [7, 11) is 0. The van der Waals surface area contributed by atoms with Crippen molar-refractivity contribution in [3.63, 3.8) is 0 Å². The summed E-state index contributed by atoms with van der Waals surface area (Å²) < 4.78 is 0. The van der Waals surface area contributed by atoms with Gasteiger partial charge >= 0.3 is 0 Å². The molecule has 0 saturated carbocycles. The molecule has 4 rings (SSSR count). The number of nitrogens with one attached hydrogen (secondary N) is 2. The minimum Gasteiger partial charge on any atom is -0.361 e. The van der Waals surface area contributed by atoms with Crippen LogP contribution in [0.25, 0.3) is 27.9 Å². The normalized spacial score (nSPS) is 12.4. The third kappa shape index (κ3) is 3.48. The fourth-order valence-corrected chi connectivity index (χ4v) is 4.21. The molecule has 0 aliphatic carbocycles. The summed E-state index contributed by atoms with van der Waals surface area (Å²) in [6.07, 6.45) is 5.04. The van der Waals surface area contributed by atoms with Crippen LogP contribution in [0.15, 0.2) is 54.6 Å². The summed E-state index contributed by atoms with van der Waals surface area (Å²) in [5, 5.41) is 9.86. The molecular formula is C19H15Cl2N5S. The van der Waals surface area contributed by atoms with Crippen molar-refractivity contribution in [2.24, 2.45) is 0 Å². The van der Waals surface area contributed by atoms with E-state index in [0.29, 0.717) is 26.6 Å². The number of halogens is 2. The minimum absolute atomic E-state index is 0.0799. The van der Waals surface area contributed by atoms with Gasteiger partial charge in [0.05, 0.1) is 15.6 Å². The standard InChI is InChI=1S/C19H15Cl2N5S/c1-10(13-7-23-16-6-4-3-5-12(13)16)11(2)27-19-24-18(25-26-19)17-14(20)8-22-9-15(17)21/h3-9,11,23H,1H2,2H3,(H,24,25,26)/t11-/m1/s1. The zero-order valence-corrected chi connectivity index (χ0v) is 16.7. The number of benzene rings is 1. The molecule has 27 heavy (non-hydrogen) atoms. The molecule has 0 radical (unpaired) electrons. The summed E-state index contributed by atoms with van der Waals surface area (Å²) in [6.45, 7) is 6.36. The van der Waals surface area contributed by atoms with Crippen molar-refractivity contribution in [3.05, 3.63) is 65.0 Å². The molecular weight excluding hydrogens is 401 g/mol. The number of nitrogens with zero attached hydrogens (tertiary/aromatic N) is 3. The Hall–Kier alpha value is -2.28. The lowest BCUT2D eigenvalue weighted by molar-refractivity contribution is 0.970. The van der Waals surface area contributed by atoms with Crippen LogP contribution in [0.4, 0.5) is 0 Å². The van der Waals surface area contributed by atoms with Crippen molar-refractivity contribution in [2.45, 2.75) is 17.3 Å². The van der Waals surface area contributed by atoms with Crippen LogP contribution in [0, 0.1) is 0 Å². The van der Waals surface area contributed by atoms with Gasteiger partial charge in [0.1, 0.15) is 0 Å². The SMILES string of the molecule is C=C(c1c[nH]c2ccccc12)[C@@H](C)Sc1n[nH]c(-c2c(Cl)cncc2Cl)n1. The first kappa shape index (κ1) is 18.1. The summed E-state index contributed by atoms with van der Waals surface area (Å²) in [5.74, 6) is 0.514. The van der Waals surface area contributed by atoms with Gasteiger partial charge in [-0.1, -0.05) is 59.7 Å². The van der Waals surface area contributed by atoms with Crippen LogP contribution in [0.3, 0.4) is 0 Å². The summed E-state index contributed by atoms with van der Waals surface area (Å²) in [6, 6.07) is 8.17. The van der Waals surface area contributed by atoms with Crippen molar-refractivity contribution in [2.75, 3.05) is 0 Å². The molecule has 0 amide bonds. The molecule has 8 heteroatoms. The van der Waals surface area contributed by atoms with Crippen LogP contribution >= 0.6 is 35.0 Å². The first-order valence-electron chi connectivity index (χ1n) is 8.18. The van der Waals surface area contributed by atoms with Crippen molar-refractivity contribution in [1.29, 1.82) is 0 Å². The zero-order chi connectivity index (χ0) is 19.0. The van der Waals surface area contributed by atoms with E-state index in [-0.39, 0.29) is 5.25 Å². The number of hydrogen-bond donors (Lipinski definition) is 2. The minimum atomic E-state index is 0.0799. The maximum Gasteiger partial charge on any atom is 0.209 e. The predicted molar refractivity (Wildman–Crippen MR) is 112 cm³/mol. The molecule has 0 bridgehead atoms. The number of hydrogen-bond acceptors (Lipinski definition) is 4. The van der Waals surface area contributed by atoms with E-state index >= 15 is 0 Å². The maximum atomic E-state index is 6.19. The smallest absolute Gasteiger partial charge is 0.209 e. The second-order valence-corrected chi connectivity index (χ2v) is 8.10. The molecule has 0 spiro atoms. The Balaban J connectivity index is 1.56. The topological polar surface area (TPSA) is 70.2 Å². The predicted octanol–water partition coefficient (Wildman–Crippen LogP) is 5.85. The van der Waals surface area contributed by atoms with Gasteiger partial charge in [0, 0.05) is 40.3 Å². The highest BCUT2D eigenvalue weighted by molar-refractivity contribution is 8.00. The molecule has 0 fully saturated rings. The Morgan fingerprint density at radius 3 is 2.70 bits per heavy atom. The van der Waals surface area contributed by atoms with Gasteiger partial charge in [0.2, 0.25) is 5.16 Å². The highest BCUT2D eigenvalue weighted by Gasteiger charge is 2.18. The number of para-hydroxylation sites is 1. The van der Waals surface area contributed by atoms with E-state index in [1.54, 1.807) is 0 Å². The zero-order valence-electron chi connectivity index (χ0n) is 14.3. The Bertz CT molecular complexity index is 1110. The van der Waals surface area contributed by atoms with E-state index in [4.69, 9.17) is 23.2 Å². The van der Waals surface area contributed by atoms with Gasteiger partial charge in [0.25, 0.3) is 0 Å². The molecule has 1 atom stereocenters. The van der Waals surface area contributed by atoms with E-state index in [9.17, 15) is 0 Å². The molecule has 0 saturated heterocycles. The molecule has 3 aromatic heterocycles. The number of rotatable bonds is 5. The Morgan fingerprint density at radius 2 is 1.93 bits per heavy atom. The maximum absolute atomic E-state index is 6.19. The van der Waals surface area contributed by atoms with E-state index in [1.165, 1.54) is 24.2 Å². The molecule has 0 aliphatic rings. The molecule has 0 unspecified atom stereocenters. The second-order valence-electron chi connectivity index (χ2n) is 5.98. The van der Waals surface area contributed by atoms with E-state index < -0.39 is 0 Å². The third-order valence-electron chi connectivity index (χ3n) is 4.26. The number of aromatic amines is 2. The lowest BCUT2D eigenvalue weighted by Gasteiger charge is -2.11. The quantitative estimate of drug-likeness (QED) is 0.401. The highest BCUT2D eigenvalue weighted by Crippen LogP contribution is 2.36. The Morgan fingerprint density at radius 1 is 1.19 bits per heavy atom. The monoisotopic (exact) mass is 415 g/mol. The number of H-pyrrole nitrogens is 2. The van der Waals surface area contributed by atoms with Crippen LogP contribution in [0.5, 0.6) is 0 Å². The fourth-order valence-electron chi connectivity index (χ4n) is 2.83. The highest BCUT2D eigenvalue weighted by atomic mass is 35.5. The van der Waals surface area contributed by atoms with Gasteiger partial charge in [-0.3, -0.25) is 10.1 Å². The molecule has 0 aliphatic heterocycles. The molecule has 3 heterocycles. The van der Waals surface area contributed by atoms with Crippen LogP contribution in [0.1, 0.15) is 12.5 Å². The van der Waals surface area contributed by atoms with Crippen LogP contribution in [-0.2, 0) is 0 Å². The third-order valence-corrected chi connectivity index (χ3v) is 5.87. The number of aromatic nitrogens is 5. The van der Waals surface area contributed by atoms with Gasteiger partial charge in [-0.15, -0.1) is 5.10 Å². The first-order valence-corrected chi connectivity index (χ1v) is 9.82. The van der Waals surface area contributed by atoms with E-state index in [2.05, 4.69) is 44.7 Å². The fraction of sp³-hybridized carbons (Fsp3) is 0.105. The van der Waals surface area contributed by atoms with Gasteiger partial charge in [-0.05, 0) is 18.6 Å². The molecule has 136 valence electrons. The lowest BCUT2D eigenvalue weighted by Crippen LogP contribution is -1.99. The van der Waals surface area contributed by atoms with Gasteiger partial charge < -0.3 is 4.98 Å². The molecule has 1 aromatic carbocycles. The van der Waals surface area contributed by atoms with Gasteiger partial charge in [0.15, 0.2) is 5.82 Å². The number of thioether (sulfide) groups is 1. The van der Waals surface area contributed by atoms with Gasteiger partial charge in [-0.25, -0.2) is 4.98 Å². The average molecular weight is 416 g/mol. The van der Waals surface area contributed by atoms with E-state index in [1.807, 2.05) is 24.4 Å². The molecule has 5 nitrogen and oxygen atoms in total. The number of fused-ring (bicyclic) bond motifs is 1. The van der Waals surface area contributed by atoms with Crippen molar-refractivity contribution in [1.82, 2.24) is 25.1 Å². The van der Waals surface area contributed by atoms with Crippen LogP contribution < -0.4 is 0 Å². The Kier molecular flexibility index (Phi) is 4.95. The first-order chi connectivity index (χ1) is 13.0. The summed E-state index contributed by atoms with van der Waals surface area (Å²) >= 11 is 13.9. The number of pyridine rings is 1. The lowest BCUT2D eigenvalue weighted by atomic mass is 10.0. The van der Waals surface area contributed by atoms with Crippen LogP contribution in [-0.4, -0.2) is 30.4 Å². The van der Waals surface area contributed by atoms with Gasteiger partial charge in [-0.2, -0.15) is 0 Å². The summed E-state index contributed by atoms with van der Waals surface area (Å²) in [5.41, 5.74) is 3.79. The molecule has 4 aromatic rings. The molecule has 2 N–H and O–H groups in total. The van der Waals surface area contributed by atoms with E-state index in [0.717, 1.165) is 22.0 Å². The second kappa shape index (κ2) is 7.38. The van der Waals surface area contributed by atoms with Crippen molar-refractivity contribution < 1.29 is 0 Å². The largest absolute Gasteiger partial charge is 0.361 e. The van der Waals surface area contributed by atoms with Crippen molar-refractivity contribution >= 4 is 51.4 Å². The average Bonchev–Trinajstić information content (AvgIpc) is 3.28. The van der Waals surface area contributed by atoms with Crippen molar-refractivity contribution in [3.8, 4) is 11.4 Å². The Labute approximate surface area is 170 Å².